The van der Waals surface area contributed by atoms with Crippen molar-refractivity contribution in [3.8, 4) is 0 Å². The SMILES string of the molecule is CC/C=C\C/C=C\C/C=C\C/C=C\C/C=C\C/C=C\C/C=C\C/C=C\CCCCCCCCCCC(=O)OC(COC(=O)CCCCCCC/C=C\C/C=C\C/C=C\C/C=C\C/C=C\CC)COP(=O)([O-])OCC[N+](C)(C)C. The standard InChI is InChI=1S/C68H110NO8P/c1-6-8-10-12-14-16-18-20-22-24-26-28-29-30-31-32-33-34-35-36-37-38-39-41-43-45-47-49-51-53-55-57-59-61-68(71)77-66(65-76-78(72,73)75-63-62-69(3,4)5)64-74-67(70)60-58-56-54-52-50-48-46-44-42-40-27-25-23-21-19-17-15-13-11-9-7-2/h8-11,14-17,20-23,26-28,30-31,33-34,36-37,39-41,44,46,66H,6-7,12-13,18-19,24-25,29,32,35,38,42-43,45,47-65H2,1-5H3/b10-8-,11-9-,16-14-,17-15-,22-20-,23-21-,28-26-,31-30-,34-33-,37-36-,40-27-,41-39-,46-44-. The van der Waals surface area contributed by atoms with Gasteiger partial charge in [-0.05, 0) is 122 Å². The number of carbonyl (C=O) groups is 2. The lowest BCUT2D eigenvalue weighted by molar-refractivity contribution is -0.870. The summed E-state index contributed by atoms with van der Waals surface area (Å²) in [6.07, 6.45) is 85.7. The third-order valence-electron chi connectivity index (χ3n) is 12.0. The minimum Gasteiger partial charge on any atom is -0.756 e. The molecule has 440 valence electrons. The van der Waals surface area contributed by atoms with E-state index in [1.807, 2.05) is 21.1 Å². The average Bonchev–Trinajstić information content (AvgIpc) is 3.41. The molecule has 0 aliphatic heterocycles. The van der Waals surface area contributed by atoms with Crippen molar-refractivity contribution < 1.29 is 42.1 Å². The zero-order valence-electron chi connectivity index (χ0n) is 49.8. The van der Waals surface area contributed by atoms with E-state index in [2.05, 4.69) is 172 Å². The third kappa shape index (κ3) is 60.9. The highest BCUT2D eigenvalue weighted by Gasteiger charge is 2.21. The molecule has 0 aromatic heterocycles. The lowest BCUT2D eigenvalue weighted by Crippen LogP contribution is -2.37. The Morgan fingerprint density at radius 2 is 0.692 bits per heavy atom. The first-order valence-corrected chi connectivity index (χ1v) is 31.7. The molecule has 0 bridgehead atoms. The summed E-state index contributed by atoms with van der Waals surface area (Å²) in [5.41, 5.74) is 0. The molecule has 0 spiro atoms. The van der Waals surface area contributed by atoms with Crippen LogP contribution >= 0.6 is 7.82 Å². The zero-order valence-corrected chi connectivity index (χ0v) is 50.7. The van der Waals surface area contributed by atoms with Crippen molar-refractivity contribution in [3.05, 3.63) is 158 Å². The second-order valence-electron chi connectivity index (χ2n) is 20.6. The summed E-state index contributed by atoms with van der Waals surface area (Å²) < 4.78 is 34.1. The molecule has 0 N–H and O–H groups in total. The number of carbonyl (C=O) groups excluding carboxylic acids is 2. The molecule has 0 radical (unpaired) electrons. The molecule has 0 aromatic rings. The van der Waals surface area contributed by atoms with Crippen LogP contribution in [0.1, 0.15) is 206 Å². The predicted molar refractivity (Wildman–Crippen MR) is 332 cm³/mol. The van der Waals surface area contributed by atoms with Crippen molar-refractivity contribution in [3.63, 3.8) is 0 Å². The van der Waals surface area contributed by atoms with Gasteiger partial charge in [-0.3, -0.25) is 14.2 Å². The van der Waals surface area contributed by atoms with E-state index >= 15 is 0 Å². The number of likely N-dealkylation sites (N-methyl/N-ethyl adjacent to an activating group) is 1. The number of hydrogen-bond donors (Lipinski definition) is 0. The molecule has 0 heterocycles. The summed E-state index contributed by atoms with van der Waals surface area (Å²) in [6, 6.07) is 0. The van der Waals surface area contributed by atoms with E-state index in [1.165, 1.54) is 25.7 Å². The minimum absolute atomic E-state index is 0.0454. The van der Waals surface area contributed by atoms with E-state index in [0.717, 1.165) is 141 Å². The van der Waals surface area contributed by atoms with Crippen molar-refractivity contribution in [2.45, 2.75) is 213 Å². The van der Waals surface area contributed by atoms with E-state index in [9.17, 15) is 19.0 Å². The Labute approximate surface area is 477 Å². The highest BCUT2D eigenvalue weighted by molar-refractivity contribution is 7.45. The van der Waals surface area contributed by atoms with E-state index in [4.69, 9.17) is 18.5 Å². The van der Waals surface area contributed by atoms with Crippen molar-refractivity contribution in [2.75, 3.05) is 47.5 Å². The number of allylic oxidation sites excluding steroid dienone is 26. The van der Waals surface area contributed by atoms with E-state index in [-0.39, 0.29) is 26.1 Å². The fourth-order valence-electron chi connectivity index (χ4n) is 7.46. The van der Waals surface area contributed by atoms with Gasteiger partial charge in [0.05, 0.1) is 27.7 Å². The van der Waals surface area contributed by atoms with Gasteiger partial charge in [0.1, 0.15) is 19.8 Å². The number of phosphoric ester groups is 1. The molecule has 0 saturated carbocycles. The second kappa shape index (κ2) is 57.3. The summed E-state index contributed by atoms with van der Waals surface area (Å²) >= 11 is 0. The molecule has 0 fully saturated rings. The van der Waals surface area contributed by atoms with Crippen LogP contribution in [0.2, 0.25) is 0 Å². The van der Waals surface area contributed by atoms with Crippen LogP contribution in [0.25, 0.3) is 0 Å². The van der Waals surface area contributed by atoms with Crippen molar-refractivity contribution in [2.24, 2.45) is 0 Å². The van der Waals surface area contributed by atoms with Crippen molar-refractivity contribution >= 4 is 19.8 Å². The summed E-state index contributed by atoms with van der Waals surface area (Å²) in [4.78, 5) is 37.9. The molecule has 0 aliphatic rings. The van der Waals surface area contributed by atoms with Gasteiger partial charge in [0, 0.05) is 12.8 Å². The maximum atomic E-state index is 12.8. The summed E-state index contributed by atoms with van der Waals surface area (Å²) in [5.74, 6) is -0.878. The smallest absolute Gasteiger partial charge is 0.306 e. The molecule has 2 unspecified atom stereocenters. The summed E-state index contributed by atoms with van der Waals surface area (Å²) in [5, 5.41) is 0. The topological polar surface area (TPSA) is 111 Å². The summed E-state index contributed by atoms with van der Waals surface area (Å²) in [7, 11) is 1.12. The van der Waals surface area contributed by atoms with Crippen LogP contribution in [0.5, 0.6) is 0 Å². The molecule has 10 heteroatoms. The van der Waals surface area contributed by atoms with Gasteiger partial charge in [0.25, 0.3) is 7.82 Å². The third-order valence-corrected chi connectivity index (χ3v) is 13.0. The van der Waals surface area contributed by atoms with Gasteiger partial charge in [-0.25, -0.2) is 0 Å². The number of esters is 2. The average molecular weight is 1100 g/mol. The first-order valence-electron chi connectivity index (χ1n) is 30.2. The van der Waals surface area contributed by atoms with E-state index < -0.39 is 32.5 Å². The van der Waals surface area contributed by atoms with Crippen molar-refractivity contribution in [1.82, 2.24) is 0 Å². The van der Waals surface area contributed by atoms with Crippen LogP contribution in [0, 0.1) is 0 Å². The number of phosphoric acid groups is 1. The maximum Gasteiger partial charge on any atom is 0.306 e. The zero-order chi connectivity index (χ0) is 57.0. The Bertz CT molecular complexity index is 1870. The predicted octanol–water partition coefficient (Wildman–Crippen LogP) is 18.6. The minimum atomic E-state index is -4.66. The Balaban J connectivity index is 4.24. The molecule has 2 atom stereocenters. The number of quaternary nitrogens is 1. The van der Waals surface area contributed by atoms with Gasteiger partial charge in [0.2, 0.25) is 0 Å². The van der Waals surface area contributed by atoms with Crippen LogP contribution in [-0.4, -0.2) is 70.0 Å². The quantitative estimate of drug-likeness (QED) is 0.0195. The maximum absolute atomic E-state index is 12.8. The molecule has 0 aliphatic carbocycles. The Hall–Kier alpha value is -4.37. The van der Waals surface area contributed by atoms with Crippen molar-refractivity contribution in [1.29, 1.82) is 0 Å². The van der Waals surface area contributed by atoms with Gasteiger partial charge in [-0.15, -0.1) is 0 Å². The fraction of sp³-hybridized carbons (Fsp3) is 0.588. The van der Waals surface area contributed by atoms with Gasteiger partial charge in [-0.1, -0.05) is 230 Å². The molecule has 0 aromatic carbocycles. The normalized spacial score (nSPS) is 14.4. The molecule has 78 heavy (non-hydrogen) atoms. The largest absolute Gasteiger partial charge is 0.756 e. The Morgan fingerprint density at radius 1 is 0.397 bits per heavy atom. The number of ether oxygens (including phenoxy) is 2. The first kappa shape index (κ1) is 73.6. The van der Waals surface area contributed by atoms with Crippen LogP contribution in [0.3, 0.4) is 0 Å². The lowest BCUT2D eigenvalue weighted by atomic mass is 10.1. The molecule has 0 amide bonds. The van der Waals surface area contributed by atoms with Gasteiger partial charge < -0.3 is 27.9 Å². The van der Waals surface area contributed by atoms with Crippen LogP contribution in [-0.2, 0) is 32.7 Å². The van der Waals surface area contributed by atoms with Gasteiger partial charge in [0.15, 0.2) is 6.10 Å². The Morgan fingerprint density at radius 3 is 1.03 bits per heavy atom. The first-order chi connectivity index (χ1) is 38.0. The van der Waals surface area contributed by atoms with Crippen LogP contribution < -0.4 is 4.89 Å². The summed E-state index contributed by atoms with van der Waals surface area (Å²) in [6.45, 7) is 3.95. The monoisotopic (exact) mass is 1100 g/mol. The number of nitrogens with zero attached hydrogens (tertiary/aromatic N) is 1. The lowest BCUT2D eigenvalue weighted by Gasteiger charge is -2.28. The molecule has 0 rings (SSSR count). The van der Waals surface area contributed by atoms with Gasteiger partial charge >= 0.3 is 11.9 Å². The number of rotatable bonds is 53. The highest BCUT2D eigenvalue weighted by atomic mass is 31.2. The molecular formula is C68H110NO8P. The number of unbranched alkanes of at least 4 members (excludes halogenated alkanes) is 13. The molecule has 9 nitrogen and oxygen atoms in total. The molecular weight excluding hydrogens is 990 g/mol. The highest BCUT2D eigenvalue weighted by Crippen LogP contribution is 2.38. The van der Waals surface area contributed by atoms with Gasteiger partial charge in [-0.2, -0.15) is 0 Å². The molecule has 0 saturated heterocycles. The van der Waals surface area contributed by atoms with E-state index in [0.29, 0.717) is 23.9 Å². The van der Waals surface area contributed by atoms with Crippen LogP contribution in [0.4, 0.5) is 0 Å². The second-order valence-corrected chi connectivity index (χ2v) is 22.0. The van der Waals surface area contributed by atoms with Crippen LogP contribution in [0.15, 0.2) is 158 Å². The van der Waals surface area contributed by atoms with E-state index in [1.54, 1.807) is 0 Å². The fourth-order valence-corrected chi connectivity index (χ4v) is 8.19. The Kier molecular flexibility index (Phi) is 54.1. The number of hydrogen-bond acceptors (Lipinski definition) is 8.